The summed E-state index contributed by atoms with van der Waals surface area (Å²) in [6.45, 7) is 6.46. The van der Waals surface area contributed by atoms with Crippen LogP contribution in [0.15, 0.2) is 29.8 Å². The fourth-order valence-corrected chi connectivity index (χ4v) is 1.97. The van der Waals surface area contributed by atoms with Crippen LogP contribution in [0.3, 0.4) is 0 Å². The normalized spacial score (nSPS) is 11.4. The Bertz CT molecular complexity index is 515. The molecule has 0 radical (unpaired) electrons. The third-order valence-corrected chi connectivity index (χ3v) is 2.80. The second-order valence-electron chi connectivity index (χ2n) is 4.93. The molecule has 0 amide bonds. The van der Waals surface area contributed by atoms with Gasteiger partial charge in [-0.25, -0.2) is 0 Å². The maximum Gasteiger partial charge on any atom is 0.305 e. The maximum atomic E-state index is 11.1. The lowest BCUT2D eigenvalue weighted by molar-refractivity contribution is -0.177. The Balaban J connectivity index is 2.95. The lowest BCUT2D eigenvalue weighted by atomic mass is 10.1. The van der Waals surface area contributed by atoms with Gasteiger partial charge in [0.2, 0.25) is 0 Å². The third kappa shape index (κ3) is 6.25. The van der Waals surface area contributed by atoms with E-state index in [1.165, 1.54) is 19.4 Å². The van der Waals surface area contributed by atoms with Crippen molar-refractivity contribution in [3.8, 4) is 0 Å². The second-order valence-corrected chi connectivity index (χ2v) is 4.93. The van der Waals surface area contributed by atoms with Gasteiger partial charge in [-0.2, -0.15) is 0 Å². The number of carbonyl (C=O) groups is 2. The number of esters is 2. The SMILES string of the molecule is CCCc1cccc(C=C(C)C(OC(C)=O)OC(C)=O)c1. The van der Waals surface area contributed by atoms with Gasteiger partial charge in [0, 0.05) is 19.4 Å². The average Bonchev–Trinajstić information content (AvgIpc) is 2.37. The maximum absolute atomic E-state index is 11.1. The molecule has 0 aliphatic rings. The first-order valence-corrected chi connectivity index (χ1v) is 7.04. The summed E-state index contributed by atoms with van der Waals surface area (Å²) in [6, 6.07) is 8.09. The van der Waals surface area contributed by atoms with Crippen LogP contribution in [-0.4, -0.2) is 18.2 Å². The zero-order chi connectivity index (χ0) is 15.8. The van der Waals surface area contributed by atoms with Crippen LogP contribution in [0.2, 0.25) is 0 Å². The summed E-state index contributed by atoms with van der Waals surface area (Å²) in [7, 11) is 0. The van der Waals surface area contributed by atoms with E-state index in [0.29, 0.717) is 5.57 Å². The third-order valence-electron chi connectivity index (χ3n) is 2.80. The highest BCUT2D eigenvalue weighted by molar-refractivity contribution is 5.69. The largest absolute Gasteiger partial charge is 0.421 e. The molecule has 0 atom stereocenters. The minimum absolute atomic E-state index is 0.492. The first-order chi connectivity index (χ1) is 9.92. The number of hydrogen-bond acceptors (Lipinski definition) is 4. The molecule has 4 heteroatoms. The van der Waals surface area contributed by atoms with Crippen molar-refractivity contribution in [1.82, 2.24) is 0 Å². The van der Waals surface area contributed by atoms with Gasteiger partial charge in [-0.3, -0.25) is 9.59 Å². The highest BCUT2D eigenvalue weighted by Crippen LogP contribution is 2.16. The van der Waals surface area contributed by atoms with E-state index in [4.69, 9.17) is 9.47 Å². The smallest absolute Gasteiger partial charge is 0.305 e. The molecule has 0 heterocycles. The Kier molecular flexibility index (Phi) is 6.66. The van der Waals surface area contributed by atoms with Crippen LogP contribution in [0.1, 0.15) is 45.2 Å². The predicted molar refractivity (Wildman–Crippen MR) is 81.4 cm³/mol. The molecule has 0 fully saturated rings. The quantitative estimate of drug-likeness (QED) is 0.594. The van der Waals surface area contributed by atoms with Crippen molar-refractivity contribution in [2.75, 3.05) is 0 Å². The van der Waals surface area contributed by atoms with E-state index in [2.05, 4.69) is 19.1 Å². The number of rotatable bonds is 6. The molecule has 0 saturated heterocycles. The van der Waals surface area contributed by atoms with Gasteiger partial charge < -0.3 is 9.47 Å². The Morgan fingerprint density at radius 1 is 1.14 bits per heavy atom. The van der Waals surface area contributed by atoms with Gasteiger partial charge in [0.25, 0.3) is 6.29 Å². The van der Waals surface area contributed by atoms with E-state index < -0.39 is 18.2 Å². The fourth-order valence-electron chi connectivity index (χ4n) is 1.97. The first-order valence-electron chi connectivity index (χ1n) is 7.04. The Morgan fingerprint density at radius 3 is 2.29 bits per heavy atom. The molecule has 4 nitrogen and oxygen atoms in total. The summed E-state index contributed by atoms with van der Waals surface area (Å²) in [4.78, 5) is 22.2. The molecule has 0 saturated carbocycles. The van der Waals surface area contributed by atoms with Crippen LogP contribution in [-0.2, 0) is 25.5 Å². The van der Waals surface area contributed by atoms with Crippen molar-refractivity contribution < 1.29 is 19.1 Å². The number of ether oxygens (including phenoxy) is 2. The summed E-state index contributed by atoms with van der Waals surface area (Å²) in [5, 5.41) is 0. The summed E-state index contributed by atoms with van der Waals surface area (Å²) >= 11 is 0. The molecule has 1 aromatic carbocycles. The first kappa shape index (κ1) is 17.0. The van der Waals surface area contributed by atoms with Crippen LogP contribution in [0, 0.1) is 0 Å². The van der Waals surface area contributed by atoms with Crippen LogP contribution >= 0.6 is 0 Å². The molecule has 0 N–H and O–H groups in total. The molecule has 0 bridgehead atoms. The summed E-state index contributed by atoms with van der Waals surface area (Å²) in [5.74, 6) is -0.984. The van der Waals surface area contributed by atoms with Crippen molar-refractivity contribution in [1.29, 1.82) is 0 Å². The summed E-state index contributed by atoms with van der Waals surface area (Å²) in [6.07, 6.45) is 2.97. The lowest BCUT2D eigenvalue weighted by Gasteiger charge is -2.17. The number of hydrogen-bond donors (Lipinski definition) is 0. The van der Waals surface area contributed by atoms with Crippen molar-refractivity contribution in [2.24, 2.45) is 0 Å². The van der Waals surface area contributed by atoms with Crippen molar-refractivity contribution in [3.63, 3.8) is 0 Å². The van der Waals surface area contributed by atoms with E-state index in [0.717, 1.165) is 18.4 Å². The van der Waals surface area contributed by atoms with Crippen LogP contribution < -0.4 is 0 Å². The van der Waals surface area contributed by atoms with E-state index in [1.54, 1.807) is 6.92 Å². The predicted octanol–water partition coefficient (Wildman–Crippen LogP) is 3.49. The van der Waals surface area contributed by atoms with Crippen molar-refractivity contribution >= 4 is 18.0 Å². The molecule has 1 rings (SSSR count). The van der Waals surface area contributed by atoms with Gasteiger partial charge in [-0.05, 0) is 30.5 Å². The van der Waals surface area contributed by atoms with Crippen LogP contribution in [0.25, 0.3) is 6.08 Å². The van der Waals surface area contributed by atoms with Gasteiger partial charge in [-0.1, -0.05) is 37.6 Å². The van der Waals surface area contributed by atoms with E-state index >= 15 is 0 Å². The van der Waals surface area contributed by atoms with E-state index in [1.807, 2.05) is 18.2 Å². The standard InChI is InChI=1S/C17H22O4/c1-5-7-15-8-6-9-16(11-15)10-12(2)17(20-13(3)18)21-14(4)19/h6,8-11,17H,5,7H2,1-4H3. The highest BCUT2D eigenvalue weighted by atomic mass is 16.7. The number of carbonyl (C=O) groups excluding carboxylic acids is 2. The minimum atomic E-state index is -0.977. The average molecular weight is 290 g/mol. The van der Waals surface area contributed by atoms with E-state index in [-0.39, 0.29) is 0 Å². The van der Waals surface area contributed by atoms with Crippen molar-refractivity contribution in [3.05, 3.63) is 41.0 Å². The molecular formula is C17H22O4. The van der Waals surface area contributed by atoms with Crippen LogP contribution in [0.4, 0.5) is 0 Å². The van der Waals surface area contributed by atoms with Gasteiger partial charge in [0.15, 0.2) is 0 Å². The highest BCUT2D eigenvalue weighted by Gasteiger charge is 2.17. The zero-order valence-corrected chi connectivity index (χ0v) is 13.0. The Labute approximate surface area is 125 Å². The molecule has 1 aromatic rings. The summed E-state index contributed by atoms with van der Waals surface area (Å²) < 4.78 is 10.0. The topological polar surface area (TPSA) is 52.6 Å². The zero-order valence-electron chi connectivity index (χ0n) is 13.0. The van der Waals surface area contributed by atoms with Gasteiger partial charge >= 0.3 is 11.9 Å². The van der Waals surface area contributed by atoms with Crippen LogP contribution in [0.5, 0.6) is 0 Å². The molecule has 0 unspecified atom stereocenters. The van der Waals surface area contributed by atoms with Gasteiger partial charge in [-0.15, -0.1) is 0 Å². The molecule has 114 valence electrons. The summed E-state index contributed by atoms with van der Waals surface area (Å²) in [5.41, 5.74) is 2.90. The van der Waals surface area contributed by atoms with Crippen molar-refractivity contribution in [2.45, 2.75) is 46.8 Å². The van der Waals surface area contributed by atoms with E-state index in [9.17, 15) is 9.59 Å². The second kappa shape index (κ2) is 8.25. The molecule has 0 spiro atoms. The molecule has 0 aliphatic heterocycles. The lowest BCUT2D eigenvalue weighted by Crippen LogP contribution is -2.23. The van der Waals surface area contributed by atoms with Gasteiger partial charge in [0.05, 0.1) is 0 Å². The fraction of sp³-hybridized carbons (Fsp3) is 0.412. The molecule has 0 aliphatic carbocycles. The monoisotopic (exact) mass is 290 g/mol. The Morgan fingerprint density at radius 2 is 1.76 bits per heavy atom. The molecule has 21 heavy (non-hydrogen) atoms. The number of benzene rings is 1. The minimum Gasteiger partial charge on any atom is -0.421 e. The van der Waals surface area contributed by atoms with Gasteiger partial charge in [0.1, 0.15) is 0 Å². The molecular weight excluding hydrogens is 268 g/mol. The molecule has 0 aromatic heterocycles. The Hall–Kier alpha value is -2.10. The number of aryl methyl sites for hydroxylation is 1.